The molecule has 10 heavy (non-hydrogen) atoms. The van der Waals surface area contributed by atoms with Crippen LogP contribution in [0.15, 0.2) is 17.0 Å². The van der Waals surface area contributed by atoms with Gasteiger partial charge in [0.05, 0.1) is 6.20 Å². The third kappa shape index (κ3) is 0.926. The Hall–Kier alpha value is -0.830. The maximum absolute atomic E-state index is 4.75. The van der Waals surface area contributed by atoms with Crippen LogP contribution in [0.3, 0.4) is 0 Å². The van der Waals surface area contributed by atoms with Gasteiger partial charge in [-0.3, -0.25) is 0 Å². The van der Waals surface area contributed by atoms with Crippen molar-refractivity contribution in [2.45, 2.75) is 12.3 Å². The van der Waals surface area contributed by atoms with E-state index in [9.17, 15) is 0 Å². The maximum Gasteiger partial charge on any atom is 0.127 e. The molecule has 1 unspecified atom stereocenters. The summed E-state index contributed by atoms with van der Waals surface area (Å²) in [5, 5.41) is 6.96. The molecule has 3 nitrogen and oxygen atoms in total. The van der Waals surface area contributed by atoms with Crippen molar-refractivity contribution >= 4 is 0 Å². The normalized spacial score (nSPS) is 25.4. The van der Waals surface area contributed by atoms with Gasteiger partial charge in [-0.25, -0.2) is 0 Å². The molecule has 0 amide bonds. The molecule has 2 rings (SSSR count). The minimum Gasteiger partial charge on any atom is -0.364 e. The predicted octanol–water partition coefficient (Wildman–Crippen LogP) is 0.751. The van der Waals surface area contributed by atoms with E-state index >= 15 is 0 Å². The summed E-state index contributed by atoms with van der Waals surface area (Å²) < 4.78 is 4.75. The number of nitrogens with one attached hydrogen (secondary N) is 1. The minimum atomic E-state index is 0.631. The van der Waals surface area contributed by atoms with Crippen LogP contribution < -0.4 is 5.32 Å². The van der Waals surface area contributed by atoms with Crippen LogP contribution in [0, 0.1) is 0 Å². The zero-order valence-electron chi connectivity index (χ0n) is 5.71. The first-order valence-corrected chi connectivity index (χ1v) is 3.57. The average Bonchev–Trinajstić information content (AvgIpc) is 2.59. The average molecular weight is 138 g/mol. The molecule has 0 spiro atoms. The Bertz CT molecular complexity index is 189. The second kappa shape index (κ2) is 2.42. The molecule has 1 aromatic rings. The van der Waals surface area contributed by atoms with Gasteiger partial charge >= 0.3 is 0 Å². The van der Waals surface area contributed by atoms with Gasteiger partial charge in [-0.2, -0.15) is 0 Å². The Morgan fingerprint density at radius 2 is 2.70 bits per heavy atom. The first-order valence-electron chi connectivity index (χ1n) is 3.57. The summed E-state index contributed by atoms with van der Waals surface area (Å²) in [6.07, 6.45) is 4.75. The van der Waals surface area contributed by atoms with Crippen LogP contribution in [-0.2, 0) is 0 Å². The fourth-order valence-electron chi connectivity index (χ4n) is 1.35. The van der Waals surface area contributed by atoms with E-state index in [1.807, 2.05) is 0 Å². The van der Waals surface area contributed by atoms with Gasteiger partial charge in [0.25, 0.3) is 0 Å². The topological polar surface area (TPSA) is 38.1 Å². The van der Waals surface area contributed by atoms with Crippen molar-refractivity contribution in [3.05, 3.63) is 18.0 Å². The van der Waals surface area contributed by atoms with Crippen molar-refractivity contribution in [2.75, 3.05) is 13.1 Å². The van der Waals surface area contributed by atoms with E-state index in [1.54, 1.807) is 12.5 Å². The zero-order chi connectivity index (χ0) is 6.81. The molecule has 0 bridgehead atoms. The summed E-state index contributed by atoms with van der Waals surface area (Å²) >= 11 is 0. The van der Waals surface area contributed by atoms with Crippen molar-refractivity contribution in [1.29, 1.82) is 0 Å². The quantitative estimate of drug-likeness (QED) is 0.622. The number of rotatable bonds is 1. The smallest absolute Gasteiger partial charge is 0.127 e. The lowest BCUT2D eigenvalue weighted by molar-refractivity contribution is 0.418. The lowest BCUT2D eigenvalue weighted by Gasteiger charge is -2.00. The monoisotopic (exact) mass is 138 g/mol. The van der Waals surface area contributed by atoms with Gasteiger partial charge in [-0.05, 0) is 13.0 Å². The number of hydrogen-bond donors (Lipinski definition) is 1. The largest absolute Gasteiger partial charge is 0.364 e. The molecule has 1 aromatic heterocycles. The second-order valence-corrected chi connectivity index (χ2v) is 2.65. The predicted molar refractivity (Wildman–Crippen MR) is 36.7 cm³/mol. The Balaban J connectivity index is 2.12. The van der Waals surface area contributed by atoms with Gasteiger partial charge in [-0.1, -0.05) is 5.16 Å². The van der Waals surface area contributed by atoms with Gasteiger partial charge < -0.3 is 9.84 Å². The van der Waals surface area contributed by atoms with Crippen LogP contribution >= 0.6 is 0 Å². The zero-order valence-corrected chi connectivity index (χ0v) is 5.71. The summed E-state index contributed by atoms with van der Waals surface area (Å²) in [5.41, 5.74) is 1.23. The summed E-state index contributed by atoms with van der Waals surface area (Å²) in [6.45, 7) is 2.19. The molecule has 1 fully saturated rings. The van der Waals surface area contributed by atoms with Crippen molar-refractivity contribution < 1.29 is 4.52 Å². The molecule has 0 radical (unpaired) electrons. The highest BCUT2D eigenvalue weighted by atomic mass is 16.5. The molecule has 1 aliphatic rings. The standard InChI is InChI=1S/C7H10N2O/c1-2-8-3-6(1)7-4-9-10-5-7/h4-6,8H,1-3H2. The first-order chi connectivity index (χ1) is 4.97. The Morgan fingerprint density at radius 1 is 1.70 bits per heavy atom. The molecule has 1 N–H and O–H groups in total. The molecule has 1 aliphatic heterocycles. The molecule has 1 saturated heterocycles. The van der Waals surface area contributed by atoms with Crippen molar-refractivity contribution in [3.63, 3.8) is 0 Å². The number of aromatic nitrogens is 1. The van der Waals surface area contributed by atoms with Crippen molar-refractivity contribution in [2.24, 2.45) is 0 Å². The first kappa shape index (κ1) is 5.92. The lowest BCUT2D eigenvalue weighted by Crippen LogP contribution is -2.07. The van der Waals surface area contributed by atoms with E-state index in [-0.39, 0.29) is 0 Å². The van der Waals surface area contributed by atoms with Crippen LogP contribution in [0.4, 0.5) is 0 Å². The van der Waals surface area contributed by atoms with E-state index in [0.717, 1.165) is 13.1 Å². The molecule has 0 aliphatic carbocycles. The van der Waals surface area contributed by atoms with Crippen LogP contribution in [0.5, 0.6) is 0 Å². The van der Waals surface area contributed by atoms with Crippen LogP contribution in [0.2, 0.25) is 0 Å². The highest BCUT2D eigenvalue weighted by Gasteiger charge is 2.17. The second-order valence-electron chi connectivity index (χ2n) is 2.65. The third-order valence-electron chi connectivity index (χ3n) is 1.98. The SMILES string of the molecule is c1nocc1C1CCNC1. The van der Waals surface area contributed by atoms with Crippen LogP contribution in [-0.4, -0.2) is 18.2 Å². The Kier molecular flexibility index (Phi) is 1.43. The van der Waals surface area contributed by atoms with Crippen LogP contribution in [0.1, 0.15) is 17.9 Å². The summed E-state index contributed by atoms with van der Waals surface area (Å²) in [7, 11) is 0. The van der Waals surface area contributed by atoms with E-state index < -0.39 is 0 Å². The molecule has 54 valence electrons. The molecular formula is C7H10N2O. The highest BCUT2D eigenvalue weighted by Crippen LogP contribution is 2.20. The van der Waals surface area contributed by atoms with E-state index in [4.69, 9.17) is 4.52 Å². The maximum atomic E-state index is 4.75. The summed E-state index contributed by atoms with van der Waals surface area (Å²) in [5.74, 6) is 0.631. The molecule has 0 saturated carbocycles. The fraction of sp³-hybridized carbons (Fsp3) is 0.571. The van der Waals surface area contributed by atoms with Gasteiger partial charge in [-0.15, -0.1) is 0 Å². The van der Waals surface area contributed by atoms with E-state index in [2.05, 4.69) is 10.5 Å². The minimum absolute atomic E-state index is 0.631. The number of nitrogens with zero attached hydrogens (tertiary/aromatic N) is 1. The van der Waals surface area contributed by atoms with Gasteiger partial charge in [0, 0.05) is 18.0 Å². The number of hydrogen-bond acceptors (Lipinski definition) is 3. The molecular weight excluding hydrogens is 128 g/mol. The molecule has 1 atom stereocenters. The molecule has 0 aromatic carbocycles. The Labute approximate surface area is 59.4 Å². The van der Waals surface area contributed by atoms with E-state index in [0.29, 0.717) is 5.92 Å². The van der Waals surface area contributed by atoms with Crippen molar-refractivity contribution in [3.8, 4) is 0 Å². The van der Waals surface area contributed by atoms with Gasteiger partial charge in [0.15, 0.2) is 0 Å². The molecule has 2 heterocycles. The van der Waals surface area contributed by atoms with Crippen LogP contribution in [0.25, 0.3) is 0 Å². The fourth-order valence-corrected chi connectivity index (χ4v) is 1.35. The third-order valence-corrected chi connectivity index (χ3v) is 1.98. The Morgan fingerprint density at radius 3 is 3.30 bits per heavy atom. The highest BCUT2D eigenvalue weighted by molar-refractivity contribution is 5.10. The van der Waals surface area contributed by atoms with Gasteiger partial charge in [0.1, 0.15) is 6.26 Å². The summed E-state index contributed by atoms with van der Waals surface area (Å²) in [4.78, 5) is 0. The van der Waals surface area contributed by atoms with Crippen molar-refractivity contribution in [1.82, 2.24) is 10.5 Å². The summed E-state index contributed by atoms with van der Waals surface area (Å²) in [6, 6.07) is 0. The van der Waals surface area contributed by atoms with E-state index in [1.165, 1.54) is 12.0 Å². The lowest BCUT2D eigenvalue weighted by atomic mass is 10.0. The van der Waals surface area contributed by atoms with Gasteiger partial charge in [0.2, 0.25) is 0 Å². The molecule has 3 heteroatoms.